The molecular formula is C14H19N4O9P. The summed E-state index contributed by atoms with van der Waals surface area (Å²) >= 11 is 0. The highest BCUT2D eigenvalue weighted by Gasteiger charge is 2.45. The van der Waals surface area contributed by atoms with Crippen LogP contribution < -0.4 is 0 Å². The van der Waals surface area contributed by atoms with Crippen LogP contribution in [0.1, 0.15) is 17.7 Å². The van der Waals surface area contributed by atoms with Crippen LogP contribution in [0.25, 0.3) is 11.2 Å². The van der Waals surface area contributed by atoms with Crippen LogP contribution in [0.5, 0.6) is 0 Å². The first-order valence-electron chi connectivity index (χ1n) is 8.12. The molecule has 1 aliphatic rings. The Morgan fingerprint density at radius 3 is 2.71 bits per heavy atom. The molecule has 0 aromatic carbocycles. The lowest BCUT2D eigenvalue weighted by atomic mass is 10.1. The van der Waals surface area contributed by atoms with Crippen molar-refractivity contribution in [2.24, 2.45) is 0 Å². The molecule has 3 rings (SSSR count). The largest absolute Gasteiger partial charge is 0.477 e. The van der Waals surface area contributed by atoms with Crippen molar-refractivity contribution in [1.29, 1.82) is 0 Å². The minimum Gasteiger partial charge on any atom is -0.477 e. The van der Waals surface area contributed by atoms with E-state index >= 15 is 0 Å². The lowest BCUT2D eigenvalue weighted by molar-refractivity contribution is -0.179. The Balaban J connectivity index is 1.77. The molecule has 0 saturated carbocycles. The quantitative estimate of drug-likeness (QED) is 0.314. The third-order valence-corrected chi connectivity index (χ3v) is 4.56. The highest BCUT2D eigenvalue weighted by Crippen LogP contribution is 2.32. The molecule has 28 heavy (non-hydrogen) atoms. The molecule has 0 amide bonds. The zero-order chi connectivity index (χ0) is 20.6. The number of hydrogen-bond acceptors (Lipinski definition) is 10. The van der Waals surface area contributed by atoms with Gasteiger partial charge in [0.15, 0.2) is 11.9 Å². The van der Waals surface area contributed by atoms with Crippen molar-refractivity contribution in [3.05, 3.63) is 17.8 Å². The fourth-order valence-electron chi connectivity index (χ4n) is 2.91. The van der Waals surface area contributed by atoms with Crippen molar-refractivity contribution in [2.45, 2.75) is 44.7 Å². The number of aliphatic hydroxyl groups excluding tert-OH is 2. The van der Waals surface area contributed by atoms with Crippen LogP contribution in [-0.2, 0) is 23.4 Å². The fraction of sp³-hybridized carbons (Fsp3) is 0.571. The molecule has 0 radical (unpaired) electrons. The van der Waals surface area contributed by atoms with Gasteiger partial charge < -0.3 is 29.7 Å². The molecule has 3 heterocycles. The summed E-state index contributed by atoms with van der Waals surface area (Å²) in [5, 5.41) is 29.5. The van der Waals surface area contributed by atoms with E-state index in [1.807, 2.05) is 0 Å². The highest BCUT2D eigenvalue weighted by atomic mass is 31.1. The molecular weight excluding hydrogens is 399 g/mol. The first-order chi connectivity index (χ1) is 13.2. The van der Waals surface area contributed by atoms with Gasteiger partial charge in [-0.25, -0.2) is 19.7 Å². The average molecular weight is 418 g/mol. The number of ether oxygens (including phenoxy) is 2. The number of carboxylic acids is 1. The predicted octanol–water partition coefficient (Wildman–Crippen LogP) is -1.11. The normalized spacial score (nSPS) is 27.2. The van der Waals surface area contributed by atoms with E-state index in [0.29, 0.717) is 22.7 Å². The Labute approximate surface area is 158 Å². The minimum absolute atomic E-state index is 0.397. The first-order valence-corrected chi connectivity index (χ1v) is 9.38. The number of nitrogens with zero attached hydrogens (tertiary/aromatic N) is 4. The lowest BCUT2D eigenvalue weighted by Gasteiger charge is -2.18. The maximum Gasteiger partial charge on any atom is 0.361 e. The Kier molecular flexibility index (Phi) is 6.05. The number of aromatic nitrogens is 4. The number of imidazole rings is 1. The van der Waals surface area contributed by atoms with E-state index in [4.69, 9.17) is 19.5 Å². The number of rotatable bonds is 7. The van der Waals surface area contributed by atoms with Crippen LogP contribution in [0.2, 0.25) is 0 Å². The van der Waals surface area contributed by atoms with Crippen LogP contribution in [0.3, 0.4) is 0 Å². The molecule has 4 N–H and O–H groups in total. The highest BCUT2D eigenvalue weighted by molar-refractivity contribution is 7.32. The van der Waals surface area contributed by atoms with Crippen molar-refractivity contribution < 1.29 is 43.6 Å². The molecule has 1 saturated heterocycles. The topological polar surface area (TPSA) is 186 Å². The molecule has 0 spiro atoms. The van der Waals surface area contributed by atoms with Crippen molar-refractivity contribution >= 4 is 25.4 Å². The van der Waals surface area contributed by atoms with Gasteiger partial charge in [0.1, 0.15) is 29.7 Å². The summed E-state index contributed by atoms with van der Waals surface area (Å²) in [4.78, 5) is 32.4. The zero-order valence-corrected chi connectivity index (χ0v) is 15.8. The summed E-state index contributed by atoms with van der Waals surface area (Å²) in [7, 11) is -3.56. The van der Waals surface area contributed by atoms with Crippen molar-refractivity contribution in [1.82, 2.24) is 19.5 Å². The smallest absolute Gasteiger partial charge is 0.361 e. The first kappa shape index (κ1) is 20.7. The molecule has 154 valence electrons. The summed E-state index contributed by atoms with van der Waals surface area (Å²) in [5.41, 5.74) is 1.53. The van der Waals surface area contributed by atoms with Crippen LogP contribution in [0, 0.1) is 13.8 Å². The maximum atomic E-state index is 11.0. The Hall–Kier alpha value is -1.99. The van der Waals surface area contributed by atoms with Crippen LogP contribution in [0.15, 0.2) is 6.33 Å². The van der Waals surface area contributed by atoms with Gasteiger partial charge in [0, 0.05) is 0 Å². The number of carbonyl (C=O) groups is 1. The lowest BCUT2D eigenvalue weighted by Crippen LogP contribution is -2.36. The number of aryl methyl sites for hydroxylation is 2. The second kappa shape index (κ2) is 8.17. The van der Waals surface area contributed by atoms with Crippen LogP contribution in [-0.4, -0.2) is 76.9 Å². The van der Waals surface area contributed by atoms with Gasteiger partial charge in [0.2, 0.25) is 0 Å². The number of aliphatic hydroxyl groups is 2. The summed E-state index contributed by atoms with van der Waals surface area (Å²) in [6, 6.07) is 0. The van der Waals surface area contributed by atoms with E-state index in [0.717, 1.165) is 0 Å². The van der Waals surface area contributed by atoms with Gasteiger partial charge in [-0.1, -0.05) is 0 Å². The molecule has 2 aromatic heterocycles. The molecule has 14 heteroatoms. The molecule has 2 aromatic rings. The van der Waals surface area contributed by atoms with E-state index < -0.39 is 51.7 Å². The van der Waals surface area contributed by atoms with E-state index in [1.54, 1.807) is 13.8 Å². The average Bonchev–Trinajstić information content (AvgIpc) is 3.14. The van der Waals surface area contributed by atoms with Crippen molar-refractivity contribution in [2.75, 3.05) is 6.61 Å². The van der Waals surface area contributed by atoms with Gasteiger partial charge in [-0.3, -0.25) is 13.7 Å². The Morgan fingerprint density at radius 1 is 1.36 bits per heavy atom. The number of aliphatic carboxylic acids is 1. The van der Waals surface area contributed by atoms with Gasteiger partial charge in [-0.05, 0) is 13.8 Å². The minimum atomic E-state index is -3.56. The second-order valence-electron chi connectivity index (χ2n) is 6.11. The van der Waals surface area contributed by atoms with E-state index in [2.05, 4.69) is 19.5 Å². The summed E-state index contributed by atoms with van der Waals surface area (Å²) in [5.74, 6) is -1.14. The maximum absolute atomic E-state index is 11.0. The van der Waals surface area contributed by atoms with E-state index in [-0.39, 0.29) is 0 Å². The number of fused-ring (bicyclic) bond motifs is 1. The molecule has 0 aliphatic carbocycles. The van der Waals surface area contributed by atoms with Crippen LogP contribution in [0.4, 0.5) is 0 Å². The van der Waals surface area contributed by atoms with E-state index in [1.165, 1.54) is 10.9 Å². The molecule has 6 atom stereocenters. The Bertz CT molecular complexity index is 906. The molecule has 0 bridgehead atoms. The molecule has 1 aliphatic heterocycles. The van der Waals surface area contributed by atoms with E-state index in [9.17, 15) is 19.6 Å². The van der Waals surface area contributed by atoms with Crippen LogP contribution >= 0.6 is 8.25 Å². The van der Waals surface area contributed by atoms with Gasteiger partial charge in [-0.2, -0.15) is 0 Å². The summed E-state index contributed by atoms with van der Waals surface area (Å²) < 4.78 is 26.9. The predicted molar refractivity (Wildman–Crippen MR) is 90.4 cm³/mol. The number of hydrogen-bond donors (Lipinski definition) is 4. The second-order valence-corrected chi connectivity index (χ2v) is 6.88. The van der Waals surface area contributed by atoms with Gasteiger partial charge in [-0.15, -0.1) is 0 Å². The third-order valence-electron chi connectivity index (χ3n) is 4.14. The van der Waals surface area contributed by atoms with Gasteiger partial charge in [0.25, 0.3) is 6.29 Å². The monoisotopic (exact) mass is 418 g/mol. The Morgan fingerprint density at radius 2 is 2.07 bits per heavy atom. The summed E-state index contributed by atoms with van der Waals surface area (Å²) in [6.45, 7) is 2.94. The SMILES string of the molecule is Cc1nc(C)c2ncn([C@@H]3O[C@H](COC(O[PH](=O)O)C(=O)O)[C@@H](O)[C@H]3O)c2n1. The van der Waals surface area contributed by atoms with Gasteiger partial charge >= 0.3 is 14.2 Å². The third kappa shape index (κ3) is 4.05. The molecule has 13 nitrogen and oxygen atoms in total. The molecule has 2 unspecified atom stereocenters. The number of carboxylic acid groups (broad SMARTS) is 1. The van der Waals surface area contributed by atoms with Crippen molar-refractivity contribution in [3.63, 3.8) is 0 Å². The fourth-order valence-corrected chi connectivity index (χ4v) is 3.26. The summed E-state index contributed by atoms with van der Waals surface area (Å²) in [6.07, 6.45) is -5.64. The molecule has 1 fully saturated rings. The van der Waals surface area contributed by atoms with Crippen molar-refractivity contribution in [3.8, 4) is 0 Å². The standard InChI is InChI=1S/C14H19N4O9P/c1-5-8-11(17-6(2)16-5)18(4-15-8)12-10(20)9(19)7(26-12)3-25-14(13(21)22)27-28(23)24/h4,7,9-10,12,14,19-20,28H,3H2,1-2H3,(H,21,22)(H,23,24)/t7-,9-,10-,12-,14?/m1/s1. The zero-order valence-electron chi connectivity index (χ0n) is 14.8. The van der Waals surface area contributed by atoms with Gasteiger partial charge in [0.05, 0.1) is 18.6 Å².